The molecule has 0 radical (unpaired) electrons. The number of aliphatic carboxylic acids is 1. The Balaban J connectivity index is 2.50. The molecule has 1 rings (SSSR count). The summed E-state index contributed by atoms with van der Waals surface area (Å²) in [4.78, 5) is 24.2. The monoisotopic (exact) mass is 307 g/mol. The highest BCUT2D eigenvalue weighted by molar-refractivity contribution is 5.77. The number of nitrogens with zero attached hydrogens (tertiary/aromatic N) is 1. The molecule has 0 aliphatic heterocycles. The van der Waals surface area contributed by atoms with Crippen LogP contribution in [0.4, 0.5) is 0 Å². The van der Waals surface area contributed by atoms with E-state index in [2.05, 4.69) is 6.07 Å². The van der Waals surface area contributed by atoms with Crippen molar-refractivity contribution in [3.8, 4) is 5.75 Å². The van der Waals surface area contributed by atoms with Crippen molar-refractivity contribution in [2.24, 2.45) is 5.92 Å². The van der Waals surface area contributed by atoms with Gasteiger partial charge in [-0.05, 0) is 43.5 Å². The van der Waals surface area contributed by atoms with Crippen LogP contribution >= 0.6 is 0 Å². The van der Waals surface area contributed by atoms with Gasteiger partial charge in [0.05, 0.1) is 18.9 Å². The molecule has 5 nitrogen and oxygen atoms in total. The second-order valence-electron chi connectivity index (χ2n) is 5.82. The molecule has 0 bridgehead atoms. The average Bonchev–Trinajstić information content (AvgIpc) is 2.43. The summed E-state index contributed by atoms with van der Waals surface area (Å²) in [7, 11) is 1.61. The lowest BCUT2D eigenvalue weighted by Gasteiger charge is -2.20. The predicted octanol–water partition coefficient (Wildman–Crippen LogP) is 2.56. The number of carboxylic acids is 1. The van der Waals surface area contributed by atoms with E-state index in [1.54, 1.807) is 14.0 Å². The molecule has 1 N–H and O–H groups in total. The summed E-state index contributed by atoms with van der Waals surface area (Å²) >= 11 is 0. The standard InChI is InChI=1S/C17H25NO4/c1-11-8-12(2)14(4)15(9-11)22-7-6-16(19)18(5)10-13(3)17(20)21/h8-9,13H,6-7,10H2,1-5H3,(H,20,21). The molecule has 0 heterocycles. The largest absolute Gasteiger partial charge is 0.493 e. The van der Waals surface area contributed by atoms with Crippen molar-refractivity contribution < 1.29 is 19.4 Å². The fraction of sp³-hybridized carbons (Fsp3) is 0.529. The second-order valence-corrected chi connectivity index (χ2v) is 5.82. The highest BCUT2D eigenvalue weighted by Gasteiger charge is 2.17. The second kappa shape index (κ2) is 7.82. The van der Waals surface area contributed by atoms with Crippen molar-refractivity contribution in [3.05, 3.63) is 28.8 Å². The summed E-state index contributed by atoms with van der Waals surface area (Å²) in [5.74, 6) is -0.791. The summed E-state index contributed by atoms with van der Waals surface area (Å²) in [6.45, 7) is 8.10. The van der Waals surface area contributed by atoms with E-state index in [1.165, 1.54) is 4.90 Å². The van der Waals surface area contributed by atoms with Crippen LogP contribution in [-0.4, -0.2) is 42.1 Å². The van der Waals surface area contributed by atoms with Gasteiger partial charge in [0.1, 0.15) is 5.75 Å². The zero-order valence-corrected chi connectivity index (χ0v) is 14.0. The summed E-state index contributed by atoms with van der Waals surface area (Å²) in [5.41, 5.74) is 3.36. The van der Waals surface area contributed by atoms with Crippen LogP contribution in [0.3, 0.4) is 0 Å². The van der Waals surface area contributed by atoms with Gasteiger partial charge in [-0.3, -0.25) is 9.59 Å². The van der Waals surface area contributed by atoms with Crippen molar-refractivity contribution in [2.45, 2.75) is 34.1 Å². The number of hydrogen-bond acceptors (Lipinski definition) is 3. The summed E-state index contributed by atoms with van der Waals surface area (Å²) in [6, 6.07) is 4.05. The van der Waals surface area contributed by atoms with Crippen molar-refractivity contribution in [3.63, 3.8) is 0 Å². The topological polar surface area (TPSA) is 66.8 Å². The molecule has 1 unspecified atom stereocenters. The molecule has 122 valence electrons. The Bertz CT molecular complexity index is 554. The molecule has 22 heavy (non-hydrogen) atoms. The lowest BCUT2D eigenvalue weighted by molar-refractivity contribution is -0.142. The highest BCUT2D eigenvalue weighted by Crippen LogP contribution is 2.23. The van der Waals surface area contributed by atoms with E-state index in [1.807, 2.05) is 26.8 Å². The molecule has 0 saturated carbocycles. The summed E-state index contributed by atoms with van der Waals surface area (Å²) in [6.07, 6.45) is 0.231. The van der Waals surface area contributed by atoms with Crippen molar-refractivity contribution in [1.29, 1.82) is 0 Å². The fourth-order valence-electron chi connectivity index (χ4n) is 2.18. The van der Waals surface area contributed by atoms with Gasteiger partial charge in [-0.2, -0.15) is 0 Å². The number of amides is 1. The Morgan fingerprint density at radius 2 is 1.91 bits per heavy atom. The Kier molecular flexibility index (Phi) is 6.40. The Hall–Kier alpha value is -2.04. The SMILES string of the molecule is Cc1cc(C)c(C)c(OCCC(=O)N(C)CC(C)C(=O)O)c1. The van der Waals surface area contributed by atoms with Gasteiger partial charge in [-0.25, -0.2) is 0 Å². The van der Waals surface area contributed by atoms with Crippen molar-refractivity contribution in [2.75, 3.05) is 20.2 Å². The first-order valence-electron chi connectivity index (χ1n) is 7.39. The third-order valence-electron chi connectivity index (χ3n) is 3.73. The minimum atomic E-state index is -0.901. The van der Waals surface area contributed by atoms with Gasteiger partial charge in [0.15, 0.2) is 0 Å². The molecule has 0 aromatic heterocycles. The summed E-state index contributed by atoms with van der Waals surface area (Å²) in [5, 5.41) is 8.86. The molecule has 0 aliphatic rings. The zero-order chi connectivity index (χ0) is 16.9. The quantitative estimate of drug-likeness (QED) is 0.840. The molecular formula is C17H25NO4. The Labute approximate surface area is 131 Å². The highest BCUT2D eigenvalue weighted by atomic mass is 16.5. The van der Waals surface area contributed by atoms with Gasteiger partial charge in [0, 0.05) is 13.6 Å². The lowest BCUT2D eigenvalue weighted by atomic mass is 10.1. The van der Waals surface area contributed by atoms with E-state index in [-0.39, 0.29) is 25.5 Å². The summed E-state index contributed by atoms with van der Waals surface area (Å²) < 4.78 is 5.71. The molecule has 5 heteroatoms. The first kappa shape index (κ1) is 18.0. The fourth-order valence-corrected chi connectivity index (χ4v) is 2.18. The zero-order valence-electron chi connectivity index (χ0n) is 14.0. The van der Waals surface area contributed by atoms with Crippen LogP contribution in [0.5, 0.6) is 5.75 Å². The normalized spacial score (nSPS) is 11.9. The van der Waals surface area contributed by atoms with Crippen molar-refractivity contribution >= 4 is 11.9 Å². The van der Waals surface area contributed by atoms with Crippen LogP contribution in [0, 0.1) is 26.7 Å². The maximum absolute atomic E-state index is 12.0. The molecule has 0 spiro atoms. The van der Waals surface area contributed by atoms with Gasteiger partial charge in [-0.1, -0.05) is 13.0 Å². The van der Waals surface area contributed by atoms with Crippen LogP contribution in [0.2, 0.25) is 0 Å². The predicted molar refractivity (Wildman–Crippen MR) is 85.2 cm³/mol. The Morgan fingerprint density at radius 1 is 1.27 bits per heavy atom. The number of aryl methyl sites for hydroxylation is 2. The Morgan fingerprint density at radius 3 is 2.50 bits per heavy atom. The van der Waals surface area contributed by atoms with E-state index in [0.29, 0.717) is 0 Å². The van der Waals surface area contributed by atoms with E-state index in [0.717, 1.165) is 22.4 Å². The van der Waals surface area contributed by atoms with Crippen molar-refractivity contribution in [1.82, 2.24) is 4.90 Å². The van der Waals surface area contributed by atoms with Crippen LogP contribution in [0.1, 0.15) is 30.0 Å². The van der Waals surface area contributed by atoms with Gasteiger partial charge < -0.3 is 14.7 Å². The molecule has 1 aromatic carbocycles. The average molecular weight is 307 g/mol. The van der Waals surface area contributed by atoms with Crippen LogP contribution in [0.15, 0.2) is 12.1 Å². The van der Waals surface area contributed by atoms with Gasteiger partial charge in [-0.15, -0.1) is 0 Å². The minimum Gasteiger partial charge on any atom is -0.493 e. The van der Waals surface area contributed by atoms with E-state index in [9.17, 15) is 9.59 Å². The van der Waals surface area contributed by atoms with Crippen LogP contribution in [0.25, 0.3) is 0 Å². The number of carbonyl (C=O) groups excluding carboxylic acids is 1. The third-order valence-corrected chi connectivity index (χ3v) is 3.73. The third kappa shape index (κ3) is 5.06. The van der Waals surface area contributed by atoms with E-state index < -0.39 is 11.9 Å². The lowest BCUT2D eigenvalue weighted by Crippen LogP contribution is -2.34. The van der Waals surface area contributed by atoms with Gasteiger partial charge in [0.2, 0.25) is 5.91 Å². The van der Waals surface area contributed by atoms with Gasteiger partial charge >= 0.3 is 5.97 Å². The maximum Gasteiger partial charge on any atom is 0.308 e. The molecule has 1 amide bonds. The number of ether oxygens (including phenoxy) is 1. The number of benzene rings is 1. The molecule has 1 atom stereocenters. The van der Waals surface area contributed by atoms with Crippen LogP contribution in [-0.2, 0) is 9.59 Å². The first-order chi connectivity index (χ1) is 10.2. The smallest absolute Gasteiger partial charge is 0.308 e. The number of carboxylic acid groups (broad SMARTS) is 1. The minimum absolute atomic E-state index is 0.116. The molecular weight excluding hydrogens is 282 g/mol. The van der Waals surface area contributed by atoms with Gasteiger partial charge in [0.25, 0.3) is 0 Å². The first-order valence-corrected chi connectivity index (χ1v) is 7.39. The van der Waals surface area contributed by atoms with E-state index >= 15 is 0 Å². The molecule has 1 aromatic rings. The van der Waals surface area contributed by atoms with Crippen LogP contribution < -0.4 is 4.74 Å². The van der Waals surface area contributed by atoms with E-state index in [4.69, 9.17) is 9.84 Å². The number of hydrogen-bond donors (Lipinski definition) is 1. The maximum atomic E-state index is 12.0. The number of carbonyl (C=O) groups is 2. The molecule has 0 saturated heterocycles. The number of rotatable bonds is 7. The molecule has 0 aliphatic carbocycles. The molecule has 0 fully saturated rings.